The van der Waals surface area contributed by atoms with Crippen LogP contribution in [-0.2, 0) is 6.54 Å². The van der Waals surface area contributed by atoms with E-state index in [1.54, 1.807) is 17.0 Å². The molecule has 0 aliphatic heterocycles. The summed E-state index contributed by atoms with van der Waals surface area (Å²) in [6.45, 7) is 5.05. The van der Waals surface area contributed by atoms with Crippen molar-refractivity contribution < 1.29 is 0 Å². The van der Waals surface area contributed by atoms with Gasteiger partial charge in [-0.1, -0.05) is 13.8 Å². The van der Waals surface area contributed by atoms with Crippen LogP contribution in [0.2, 0.25) is 0 Å². The number of anilines is 1. The standard InChI is InChI=1S/C12H19N3O/c1-3-5-15-6-4-13-11(12(15)16)14-10-7-9(2)8-10/h4,6,9-10H,3,5,7-8H2,1-2H3,(H,13,14). The normalized spacial score (nSPS) is 23.9. The third-order valence-corrected chi connectivity index (χ3v) is 3.09. The maximum Gasteiger partial charge on any atom is 0.293 e. The van der Waals surface area contributed by atoms with Gasteiger partial charge in [-0.15, -0.1) is 0 Å². The molecule has 1 aromatic rings. The van der Waals surface area contributed by atoms with Crippen molar-refractivity contribution in [3.05, 3.63) is 22.7 Å². The zero-order chi connectivity index (χ0) is 11.5. The number of hydrogen-bond acceptors (Lipinski definition) is 3. The van der Waals surface area contributed by atoms with Crippen LogP contribution in [0.4, 0.5) is 5.82 Å². The van der Waals surface area contributed by atoms with Crippen molar-refractivity contribution in [2.45, 2.75) is 45.7 Å². The van der Waals surface area contributed by atoms with Gasteiger partial charge in [0.05, 0.1) is 0 Å². The summed E-state index contributed by atoms with van der Waals surface area (Å²) in [7, 11) is 0. The zero-order valence-corrected chi connectivity index (χ0v) is 9.94. The molecule has 16 heavy (non-hydrogen) atoms. The number of nitrogens with one attached hydrogen (secondary N) is 1. The third-order valence-electron chi connectivity index (χ3n) is 3.09. The summed E-state index contributed by atoms with van der Waals surface area (Å²) in [4.78, 5) is 16.1. The van der Waals surface area contributed by atoms with Gasteiger partial charge in [0.15, 0.2) is 5.82 Å². The first kappa shape index (κ1) is 11.2. The van der Waals surface area contributed by atoms with E-state index in [4.69, 9.17) is 0 Å². The minimum atomic E-state index is 0.00361. The quantitative estimate of drug-likeness (QED) is 0.844. The Morgan fingerprint density at radius 1 is 1.56 bits per heavy atom. The van der Waals surface area contributed by atoms with E-state index in [0.717, 1.165) is 31.7 Å². The Balaban J connectivity index is 2.09. The highest BCUT2D eigenvalue weighted by atomic mass is 16.1. The fraction of sp³-hybridized carbons (Fsp3) is 0.667. The summed E-state index contributed by atoms with van der Waals surface area (Å²) in [5.74, 6) is 1.28. The maximum atomic E-state index is 12.0. The van der Waals surface area contributed by atoms with Gasteiger partial charge in [-0.2, -0.15) is 0 Å². The minimum Gasteiger partial charge on any atom is -0.363 e. The van der Waals surface area contributed by atoms with E-state index in [9.17, 15) is 4.79 Å². The third kappa shape index (κ3) is 2.26. The molecule has 1 aliphatic rings. The highest BCUT2D eigenvalue weighted by Gasteiger charge is 2.26. The van der Waals surface area contributed by atoms with E-state index in [2.05, 4.69) is 24.1 Å². The Bertz CT molecular complexity index is 407. The summed E-state index contributed by atoms with van der Waals surface area (Å²) in [6.07, 6.45) is 6.69. The van der Waals surface area contributed by atoms with Crippen molar-refractivity contribution in [3.63, 3.8) is 0 Å². The Labute approximate surface area is 95.7 Å². The first-order valence-corrected chi connectivity index (χ1v) is 6.02. The zero-order valence-electron chi connectivity index (χ0n) is 9.94. The van der Waals surface area contributed by atoms with Crippen molar-refractivity contribution in [1.82, 2.24) is 9.55 Å². The van der Waals surface area contributed by atoms with Gasteiger partial charge in [-0.3, -0.25) is 4.79 Å². The molecule has 4 heteroatoms. The van der Waals surface area contributed by atoms with Crippen LogP contribution in [0.3, 0.4) is 0 Å². The Morgan fingerprint density at radius 2 is 2.31 bits per heavy atom. The summed E-state index contributed by atoms with van der Waals surface area (Å²) >= 11 is 0. The maximum absolute atomic E-state index is 12.0. The van der Waals surface area contributed by atoms with E-state index < -0.39 is 0 Å². The van der Waals surface area contributed by atoms with Crippen LogP contribution in [0.25, 0.3) is 0 Å². The van der Waals surface area contributed by atoms with Crippen LogP contribution >= 0.6 is 0 Å². The van der Waals surface area contributed by atoms with Gasteiger partial charge in [-0.05, 0) is 25.2 Å². The van der Waals surface area contributed by atoms with Gasteiger partial charge in [0.2, 0.25) is 0 Å². The second-order valence-electron chi connectivity index (χ2n) is 4.69. The molecule has 0 spiro atoms. The van der Waals surface area contributed by atoms with E-state index in [-0.39, 0.29) is 5.56 Å². The first-order chi connectivity index (χ1) is 7.70. The van der Waals surface area contributed by atoms with Gasteiger partial charge in [0.1, 0.15) is 0 Å². The smallest absolute Gasteiger partial charge is 0.293 e. The van der Waals surface area contributed by atoms with Crippen LogP contribution in [0.15, 0.2) is 17.2 Å². The molecule has 0 bridgehead atoms. The largest absolute Gasteiger partial charge is 0.363 e. The lowest BCUT2D eigenvalue weighted by Crippen LogP contribution is -2.37. The second-order valence-corrected chi connectivity index (χ2v) is 4.69. The summed E-state index contributed by atoms with van der Waals surface area (Å²) in [6, 6.07) is 0.438. The molecule has 2 rings (SSSR count). The Morgan fingerprint density at radius 3 is 2.94 bits per heavy atom. The molecule has 0 unspecified atom stereocenters. The number of aromatic nitrogens is 2. The van der Waals surface area contributed by atoms with Gasteiger partial charge < -0.3 is 9.88 Å². The molecule has 0 amide bonds. The number of hydrogen-bond donors (Lipinski definition) is 1. The van der Waals surface area contributed by atoms with E-state index in [1.807, 2.05) is 0 Å². The molecular formula is C12H19N3O. The van der Waals surface area contributed by atoms with Crippen molar-refractivity contribution >= 4 is 5.82 Å². The van der Waals surface area contributed by atoms with Crippen molar-refractivity contribution in [2.75, 3.05) is 5.32 Å². The molecule has 1 aliphatic carbocycles. The van der Waals surface area contributed by atoms with Crippen molar-refractivity contribution in [2.24, 2.45) is 5.92 Å². The van der Waals surface area contributed by atoms with Gasteiger partial charge in [-0.25, -0.2) is 4.98 Å². The molecule has 1 N–H and O–H groups in total. The second kappa shape index (κ2) is 4.68. The molecular weight excluding hydrogens is 202 g/mol. The molecule has 0 aromatic carbocycles. The average molecular weight is 221 g/mol. The lowest BCUT2D eigenvalue weighted by Gasteiger charge is -2.33. The molecule has 0 saturated heterocycles. The molecule has 1 fully saturated rings. The van der Waals surface area contributed by atoms with Crippen LogP contribution in [0.5, 0.6) is 0 Å². The van der Waals surface area contributed by atoms with E-state index in [1.165, 1.54) is 0 Å². The summed E-state index contributed by atoms with van der Waals surface area (Å²) in [5.41, 5.74) is 0.00361. The lowest BCUT2D eigenvalue weighted by atomic mass is 9.82. The topological polar surface area (TPSA) is 46.9 Å². The molecule has 1 saturated carbocycles. The number of rotatable bonds is 4. The predicted octanol–water partition coefficient (Wildman–Crippen LogP) is 1.86. The number of aryl methyl sites for hydroxylation is 1. The SMILES string of the molecule is CCCn1ccnc(NC2CC(C)C2)c1=O. The van der Waals surface area contributed by atoms with Gasteiger partial charge in [0.25, 0.3) is 5.56 Å². The first-order valence-electron chi connectivity index (χ1n) is 6.02. The summed E-state index contributed by atoms with van der Waals surface area (Å²) in [5, 5.41) is 3.23. The minimum absolute atomic E-state index is 0.00361. The fourth-order valence-corrected chi connectivity index (χ4v) is 2.18. The predicted molar refractivity (Wildman–Crippen MR) is 64.6 cm³/mol. The molecule has 1 heterocycles. The highest BCUT2D eigenvalue weighted by molar-refractivity contribution is 5.33. The van der Waals surface area contributed by atoms with Crippen LogP contribution in [0.1, 0.15) is 33.1 Å². The van der Waals surface area contributed by atoms with Crippen LogP contribution < -0.4 is 10.9 Å². The molecule has 0 radical (unpaired) electrons. The van der Waals surface area contributed by atoms with Gasteiger partial charge >= 0.3 is 0 Å². The summed E-state index contributed by atoms with van der Waals surface area (Å²) < 4.78 is 1.72. The molecule has 88 valence electrons. The van der Waals surface area contributed by atoms with Crippen LogP contribution in [-0.4, -0.2) is 15.6 Å². The Hall–Kier alpha value is -1.32. The highest BCUT2D eigenvalue weighted by Crippen LogP contribution is 2.28. The lowest BCUT2D eigenvalue weighted by molar-refractivity contribution is 0.308. The number of nitrogens with zero attached hydrogens (tertiary/aromatic N) is 2. The van der Waals surface area contributed by atoms with Crippen LogP contribution in [0, 0.1) is 5.92 Å². The fourth-order valence-electron chi connectivity index (χ4n) is 2.18. The molecule has 4 nitrogen and oxygen atoms in total. The van der Waals surface area contributed by atoms with Gasteiger partial charge in [0, 0.05) is 25.0 Å². The monoisotopic (exact) mass is 221 g/mol. The molecule has 1 aromatic heterocycles. The van der Waals surface area contributed by atoms with Crippen molar-refractivity contribution in [3.8, 4) is 0 Å². The van der Waals surface area contributed by atoms with E-state index >= 15 is 0 Å². The molecule has 0 atom stereocenters. The van der Waals surface area contributed by atoms with Crippen molar-refractivity contribution in [1.29, 1.82) is 0 Å². The Kier molecular flexibility index (Phi) is 3.27. The van der Waals surface area contributed by atoms with E-state index in [0.29, 0.717) is 11.9 Å². The average Bonchev–Trinajstić information content (AvgIpc) is 2.22.